The van der Waals surface area contributed by atoms with Gasteiger partial charge in [-0.25, -0.2) is 9.97 Å². The molecule has 2 aromatic carbocycles. The van der Waals surface area contributed by atoms with Gasteiger partial charge in [0.1, 0.15) is 0 Å². The number of hydrogen-bond donors (Lipinski definition) is 1. The van der Waals surface area contributed by atoms with Crippen LogP contribution in [-0.2, 0) is 0 Å². The van der Waals surface area contributed by atoms with Crippen molar-refractivity contribution in [3.63, 3.8) is 0 Å². The van der Waals surface area contributed by atoms with E-state index in [4.69, 9.17) is 4.42 Å². The lowest BCUT2D eigenvalue weighted by Gasteiger charge is -2.03. The van der Waals surface area contributed by atoms with Gasteiger partial charge in [-0.3, -0.25) is 10.1 Å². The highest BCUT2D eigenvalue weighted by molar-refractivity contribution is 9.10. The SMILES string of the molecule is Cc1sc(NC(=O)c2ccc(-c3cnco3)cc2)nc1-c1ccc(Br)cc1. The first kappa shape index (κ1) is 17.6. The van der Waals surface area contributed by atoms with Gasteiger partial charge in [0.15, 0.2) is 17.3 Å². The molecule has 0 atom stereocenters. The third-order valence-corrected chi connectivity index (χ3v) is 5.41. The van der Waals surface area contributed by atoms with Gasteiger partial charge in [-0.1, -0.05) is 40.2 Å². The smallest absolute Gasteiger partial charge is 0.257 e. The molecule has 5 nitrogen and oxygen atoms in total. The van der Waals surface area contributed by atoms with E-state index in [1.54, 1.807) is 18.3 Å². The molecule has 2 aromatic heterocycles. The van der Waals surface area contributed by atoms with Crippen LogP contribution in [-0.4, -0.2) is 15.9 Å². The third-order valence-electron chi connectivity index (χ3n) is 4.00. The van der Waals surface area contributed by atoms with Gasteiger partial charge in [-0.05, 0) is 31.2 Å². The number of rotatable bonds is 4. The topological polar surface area (TPSA) is 68.0 Å². The standard InChI is InChI=1S/C20H14BrN3O2S/c1-12-18(14-6-8-16(21)9-7-14)23-20(27-12)24-19(25)15-4-2-13(3-5-15)17-10-22-11-26-17/h2-11H,1H3,(H,23,24,25). The van der Waals surface area contributed by atoms with Crippen LogP contribution in [0.4, 0.5) is 5.13 Å². The van der Waals surface area contributed by atoms with Crippen LogP contribution < -0.4 is 5.32 Å². The maximum absolute atomic E-state index is 12.5. The van der Waals surface area contributed by atoms with Crippen molar-refractivity contribution in [1.29, 1.82) is 0 Å². The second-order valence-corrected chi connectivity index (χ2v) is 7.95. The zero-order valence-corrected chi connectivity index (χ0v) is 16.7. The molecule has 0 bridgehead atoms. The zero-order chi connectivity index (χ0) is 18.8. The van der Waals surface area contributed by atoms with Crippen LogP contribution in [0.3, 0.4) is 0 Å². The Kier molecular flexibility index (Phi) is 4.87. The normalized spacial score (nSPS) is 10.7. The van der Waals surface area contributed by atoms with Crippen molar-refractivity contribution in [3.05, 3.63) is 76.0 Å². The fourth-order valence-electron chi connectivity index (χ4n) is 2.64. The van der Waals surface area contributed by atoms with Crippen LogP contribution in [0.1, 0.15) is 15.2 Å². The quantitative estimate of drug-likeness (QED) is 0.436. The van der Waals surface area contributed by atoms with E-state index in [0.29, 0.717) is 16.5 Å². The Hall–Kier alpha value is -2.77. The molecule has 0 saturated carbocycles. The number of benzene rings is 2. The van der Waals surface area contributed by atoms with Crippen molar-refractivity contribution in [2.45, 2.75) is 6.92 Å². The van der Waals surface area contributed by atoms with Crippen LogP contribution in [0, 0.1) is 6.92 Å². The van der Waals surface area contributed by atoms with E-state index in [-0.39, 0.29) is 5.91 Å². The summed E-state index contributed by atoms with van der Waals surface area (Å²) in [5, 5.41) is 3.46. The van der Waals surface area contributed by atoms with Crippen LogP contribution >= 0.6 is 27.3 Å². The minimum Gasteiger partial charge on any atom is -0.444 e. The predicted octanol–water partition coefficient (Wildman–Crippen LogP) is 5.79. The number of amides is 1. The molecule has 0 saturated heterocycles. The number of aromatic nitrogens is 2. The van der Waals surface area contributed by atoms with Gasteiger partial charge >= 0.3 is 0 Å². The highest BCUT2D eigenvalue weighted by Crippen LogP contribution is 2.31. The largest absolute Gasteiger partial charge is 0.444 e. The Balaban J connectivity index is 1.51. The molecule has 27 heavy (non-hydrogen) atoms. The molecule has 0 aliphatic rings. The maximum Gasteiger partial charge on any atom is 0.257 e. The maximum atomic E-state index is 12.5. The lowest BCUT2D eigenvalue weighted by Crippen LogP contribution is -2.11. The van der Waals surface area contributed by atoms with Crippen LogP contribution in [0.25, 0.3) is 22.6 Å². The number of nitrogens with one attached hydrogen (secondary N) is 1. The molecule has 2 heterocycles. The first-order valence-corrected chi connectivity index (χ1v) is 9.75. The number of carbonyl (C=O) groups excluding carboxylic acids is 1. The summed E-state index contributed by atoms with van der Waals surface area (Å²) in [5.41, 5.74) is 3.32. The second kappa shape index (κ2) is 7.46. The van der Waals surface area contributed by atoms with E-state index in [1.807, 2.05) is 43.3 Å². The van der Waals surface area contributed by atoms with E-state index in [2.05, 4.69) is 31.2 Å². The van der Waals surface area contributed by atoms with Crippen molar-refractivity contribution in [3.8, 4) is 22.6 Å². The Morgan fingerprint density at radius 1 is 1.07 bits per heavy atom. The van der Waals surface area contributed by atoms with Crippen LogP contribution in [0.15, 0.2) is 70.0 Å². The first-order chi connectivity index (χ1) is 13.1. The summed E-state index contributed by atoms with van der Waals surface area (Å²) in [5.74, 6) is 0.465. The molecule has 1 N–H and O–H groups in total. The van der Waals surface area contributed by atoms with Crippen molar-refractivity contribution in [2.75, 3.05) is 5.32 Å². The number of halogens is 1. The van der Waals surface area contributed by atoms with Gasteiger partial charge in [0.2, 0.25) is 0 Å². The number of thiazole rings is 1. The molecule has 134 valence electrons. The third kappa shape index (κ3) is 3.84. The van der Waals surface area contributed by atoms with Gasteiger partial charge < -0.3 is 4.42 Å². The summed E-state index contributed by atoms with van der Waals surface area (Å²) in [6.45, 7) is 2.00. The molecule has 0 unspecified atom stereocenters. The minimum atomic E-state index is -0.199. The fourth-order valence-corrected chi connectivity index (χ4v) is 3.73. The molecule has 0 spiro atoms. The Bertz CT molecular complexity index is 1070. The van der Waals surface area contributed by atoms with Crippen LogP contribution in [0.5, 0.6) is 0 Å². The van der Waals surface area contributed by atoms with Gasteiger partial charge in [-0.15, -0.1) is 11.3 Å². The van der Waals surface area contributed by atoms with E-state index in [0.717, 1.165) is 26.2 Å². The highest BCUT2D eigenvalue weighted by Gasteiger charge is 2.13. The first-order valence-electron chi connectivity index (χ1n) is 8.14. The zero-order valence-electron chi connectivity index (χ0n) is 14.3. The highest BCUT2D eigenvalue weighted by atomic mass is 79.9. The number of nitrogens with zero attached hydrogens (tertiary/aromatic N) is 2. The van der Waals surface area contributed by atoms with Crippen molar-refractivity contribution < 1.29 is 9.21 Å². The Morgan fingerprint density at radius 3 is 2.44 bits per heavy atom. The molecule has 0 aliphatic heterocycles. The average Bonchev–Trinajstić information content (AvgIpc) is 3.33. The van der Waals surface area contributed by atoms with Crippen molar-refractivity contribution >= 4 is 38.3 Å². The molecule has 4 rings (SSSR count). The summed E-state index contributed by atoms with van der Waals surface area (Å²) in [6.07, 6.45) is 3.01. The molecule has 4 aromatic rings. The molecule has 0 aliphatic carbocycles. The van der Waals surface area contributed by atoms with E-state index >= 15 is 0 Å². The van der Waals surface area contributed by atoms with Crippen molar-refractivity contribution in [1.82, 2.24) is 9.97 Å². The van der Waals surface area contributed by atoms with Gasteiger partial charge in [0.25, 0.3) is 5.91 Å². The minimum absolute atomic E-state index is 0.199. The molecule has 0 radical (unpaired) electrons. The average molecular weight is 440 g/mol. The van der Waals surface area contributed by atoms with E-state index < -0.39 is 0 Å². The Morgan fingerprint density at radius 2 is 1.78 bits per heavy atom. The van der Waals surface area contributed by atoms with Crippen molar-refractivity contribution in [2.24, 2.45) is 0 Å². The number of oxazole rings is 1. The molecular formula is C20H14BrN3O2S. The second-order valence-electron chi connectivity index (χ2n) is 5.83. The molecule has 1 amide bonds. The number of aryl methyl sites for hydroxylation is 1. The van der Waals surface area contributed by atoms with E-state index in [1.165, 1.54) is 17.7 Å². The molecule has 7 heteroatoms. The van der Waals surface area contributed by atoms with Gasteiger partial charge in [0, 0.05) is 26.0 Å². The molecule has 0 fully saturated rings. The summed E-state index contributed by atoms with van der Waals surface area (Å²) < 4.78 is 6.27. The van der Waals surface area contributed by atoms with Gasteiger partial charge in [-0.2, -0.15) is 0 Å². The Labute approximate surface area is 168 Å². The number of carbonyl (C=O) groups is 1. The van der Waals surface area contributed by atoms with E-state index in [9.17, 15) is 4.79 Å². The monoisotopic (exact) mass is 439 g/mol. The van der Waals surface area contributed by atoms with Gasteiger partial charge in [0.05, 0.1) is 11.9 Å². The lowest BCUT2D eigenvalue weighted by atomic mass is 10.1. The summed E-state index contributed by atoms with van der Waals surface area (Å²) in [7, 11) is 0. The number of anilines is 1. The summed E-state index contributed by atoms with van der Waals surface area (Å²) in [4.78, 5) is 22.1. The number of hydrogen-bond acceptors (Lipinski definition) is 5. The lowest BCUT2D eigenvalue weighted by molar-refractivity contribution is 0.102. The summed E-state index contributed by atoms with van der Waals surface area (Å²) >= 11 is 4.89. The van der Waals surface area contributed by atoms with Crippen LogP contribution in [0.2, 0.25) is 0 Å². The summed E-state index contributed by atoms with van der Waals surface area (Å²) in [6, 6.07) is 15.1. The molecular weight excluding hydrogens is 426 g/mol. The fraction of sp³-hybridized carbons (Fsp3) is 0.0500. The predicted molar refractivity (Wildman–Crippen MR) is 110 cm³/mol.